The fraction of sp³-hybridized carbons (Fsp3) is 0.333. The summed E-state index contributed by atoms with van der Waals surface area (Å²) >= 11 is 0. The van der Waals surface area contributed by atoms with E-state index in [2.05, 4.69) is 5.32 Å². The lowest BCUT2D eigenvalue weighted by atomic mass is 10.0. The standard InChI is InChI=1S/C33H35N5O6S/c1-22-10-3-4-11-23(22)17-18-37(29(39)21-38-33(41)25-13-5-8-16-28(25)45(38,42)43)30(32(40)34-20-24-12-9-19-44-24)31-35-26-14-6-7-15-27(26)36(31)2/h3-8,10-11,13-16,24,30H,9,12,17-21H2,1-2H3,(H,34,40)/t24-,30+/m1/s1. The van der Waals surface area contributed by atoms with Gasteiger partial charge in [-0.05, 0) is 61.6 Å². The molecule has 2 aliphatic rings. The van der Waals surface area contributed by atoms with Crippen LogP contribution in [0.25, 0.3) is 11.0 Å². The van der Waals surface area contributed by atoms with Crippen LogP contribution >= 0.6 is 0 Å². The fourth-order valence-corrected chi connectivity index (χ4v) is 7.57. The Kier molecular flexibility index (Phi) is 8.43. The number of benzene rings is 3. The maximum atomic E-state index is 14.3. The van der Waals surface area contributed by atoms with Gasteiger partial charge >= 0.3 is 0 Å². The van der Waals surface area contributed by atoms with Gasteiger partial charge in [-0.25, -0.2) is 17.7 Å². The van der Waals surface area contributed by atoms with Gasteiger partial charge in [0, 0.05) is 26.7 Å². The third-order valence-electron chi connectivity index (χ3n) is 8.55. The van der Waals surface area contributed by atoms with Gasteiger partial charge in [0.1, 0.15) is 17.3 Å². The highest BCUT2D eigenvalue weighted by Crippen LogP contribution is 2.31. The molecule has 3 aromatic carbocycles. The zero-order valence-corrected chi connectivity index (χ0v) is 26.0. The summed E-state index contributed by atoms with van der Waals surface area (Å²) in [5, 5.41) is 2.96. The Morgan fingerprint density at radius 2 is 1.80 bits per heavy atom. The SMILES string of the molecule is Cc1ccccc1CCN(C(=O)CN1C(=O)c2ccccc2S1(=O)=O)[C@H](C(=O)NC[C@H]1CCCO1)c1nc2ccccc2n1C. The van der Waals surface area contributed by atoms with Crippen LogP contribution in [0.3, 0.4) is 0 Å². The maximum Gasteiger partial charge on any atom is 0.269 e. The van der Waals surface area contributed by atoms with E-state index in [4.69, 9.17) is 9.72 Å². The molecule has 3 amide bonds. The van der Waals surface area contributed by atoms with Gasteiger partial charge in [-0.2, -0.15) is 0 Å². The van der Waals surface area contributed by atoms with E-state index in [-0.39, 0.29) is 29.7 Å². The molecule has 1 fully saturated rings. The van der Waals surface area contributed by atoms with E-state index in [0.717, 1.165) is 29.5 Å². The molecule has 0 saturated carbocycles. The van der Waals surface area contributed by atoms with E-state index in [1.807, 2.05) is 55.5 Å². The minimum absolute atomic E-state index is 0.0120. The summed E-state index contributed by atoms with van der Waals surface area (Å²) in [5.41, 5.74) is 3.41. The first-order valence-electron chi connectivity index (χ1n) is 15.0. The van der Waals surface area contributed by atoms with E-state index in [1.54, 1.807) is 17.7 Å². The van der Waals surface area contributed by atoms with Crippen LogP contribution in [0.15, 0.2) is 77.7 Å². The molecular weight excluding hydrogens is 594 g/mol. The van der Waals surface area contributed by atoms with Crippen molar-refractivity contribution in [3.63, 3.8) is 0 Å². The zero-order valence-electron chi connectivity index (χ0n) is 25.2. The Morgan fingerprint density at radius 1 is 1.07 bits per heavy atom. The second-order valence-corrected chi connectivity index (χ2v) is 13.2. The molecule has 0 bridgehead atoms. The maximum absolute atomic E-state index is 14.3. The van der Waals surface area contributed by atoms with E-state index < -0.39 is 40.3 Å². The first-order chi connectivity index (χ1) is 21.7. The molecule has 0 aliphatic carbocycles. The topological polar surface area (TPSA) is 131 Å². The Bertz CT molecular complexity index is 1880. The Morgan fingerprint density at radius 3 is 2.53 bits per heavy atom. The molecule has 0 spiro atoms. The number of amides is 3. The normalized spacial score (nSPS) is 17.8. The molecule has 0 unspecified atom stereocenters. The highest BCUT2D eigenvalue weighted by atomic mass is 32.2. The van der Waals surface area contributed by atoms with Gasteiger partial charge in [-0.1, -0.05) is 48.5 Å². The third kappa shape index (κ3) is 5.83. The minimum atomic E-state index is -4.26. The fourth-order valence-electron chi connectivity index (χ4n) is 6.05. The molecule has 6 rings (SSSR count). The number of para-hydroxylation sites is 2. The lowest BCUT2D eigenvalue weighted by molar-refractivity contribution is -0.141. The smallest absolute Gasteiger partial charge is 0.269 e. The van der Waals surface area contributed by atoms with E-state index >= 15 is 0 Å². The van der Waals surface area contributed by atoms with Crippen molar-refractivity contribution in [2.45, 2.75) is 43.2 Å². The monoisotopic (exact) mass is 629 g/mol. The summed E-state index contributed by atoms with van der Waals surface area (Å²) in [4.78, 5) is 47.7. The lowest BCUT2D eigenvalue weighted by Gasteiger charge is -2.32. The quantitative estimate of drug-likeness (QED) is 0.285. The van der Waals surface area contributed by atoms with Crippen LogP contribution in [0.2, 0.25) is 0 Å². The van der Waals surface area contributed by atoms with Crippen LogP contribution < -0.4 is 5.32 Å². The van der Waals surface area contributed by atoms with E-state index in [9.17, 15) is 22.8 Å². The zero-order chi connectivity index (χ0) is 31.7. The first kappa shape index (κ1) is 30.5. The van der Waals surface area contributed by atoms with E-state index in [0.29, 0.717) is 28.7 Å². The average Bonchev–Trinajstić information content (AvgIpc) is 3.73. The van der Waals surface area contributed by atoms with Crippen LogP contribution in [0.4, 0.5) is 0 Å². The summed E-state index contributed by atoms with van der Waals surface area (Å²) < 4.78 is 34.9. The molecule has 2 atom stereocenters. The van der Waals surface area contributed by atoms with Gasteiger partial charge in [0.15, 0.2) is 6.04 Å². The number of rotatable bonds is 10. The van der Waals surface area contributed by atoms with Crippen molar-refractivity contribution in [2.75, 3.05) is 26.2 Å². The van der Waals surface area contributed by atoms with Crippen LogP contribution in [0.5, 0.6) is 0 Å². The van der Waals surface area contributed by atoms with Crippen molar-refractivity contribution in [1.82, 2.24) is 24.1 Å². The summed E-state index contributed by atoms with van der Waals surface area (Å²) in [6, 6.07) is 19.8. The van der Waals surface area contributed by atoms with Crippen LogP contribution in [-0.4, -0.2) is 77.2 Å². The predicted octanol–water partition coefficient (Wildman–Crippen LogP) is 3.13. The second-order valence-electron chi connectivity index (χ2n) is 11.4. The molecule has 4 aromatic rings. The van der Waals surface area contributed by atoms with Gasteiger partial charge in [-0.3, -0.25) is 14.4 Å². The molecule has 234 valence electrons. The number of fused-ring (bicyclic) bond motifs is 2. The van der Waals surface area contributed by atoms with Gasteiger partial charge in [0.2, 0.25) is 5.91 Å². The average molecular weight is 630 g/mol. The number of aryl methyl sites for hydroxylation is 2. The molecule has 1 aromatic heterocycles. The summed E-state index contributed by atoms with van der Waals surface area (Å²) in [7, 11) is -2.48. The van der Waals surface area contributed by atoms with Crippen molar-refractivity contribution in [2.24, 2.45) is 7.05 Å². The van der Waals surface area contributed by atoms with E-state index in [1.165, 1.54) is 23.1 Å². The van der Waals surface area contributed by atoms with Crippen LogP contribution in [0, 0.1) is 6.92 Å². The molecule has 45 heavy (non-hydrogen) atoms. The van der Waals surface area contributed by atoms with Crippen LogP contribution in [-0.2, 0) is 37.8 Å². The predicted molar refractivity (Wildman–Crippen MR) is 167 cm³/mol. The van der Waals surface area contributed by atoms with Crippen LogP contribution in [0.1, 0.15) is 46.2 Å². The van der Waals surface area contributed by atoms with Gasteiger partial charge < -0.3 is 19.5 Å². The number of nitrogens with one attached hydrogen (secondary N) is 1. The number of carbonyl (C=O) groups is 3. The highest BCUT2D eigenvalue weighted by molar-refractivity contribution is 7.90. The van der Waals surface area contributed by atoms with Gasteiger partial charge in [0.05, 0.1) is 22.7 Å². The molecule has 12 heteroatoms. The molecule has 2 aliphatic heterocycles. The van der Waals surface area contributed by atoms with Gasteiger partial charge in [0.25, 0.3) is 21.8 Å². The number of hydrogen-bond donors (Lipinski definition) is 1. The van der Waals surface area contributed by atoms with Gasteiger partial charge in [-0.15, -0.1) is 0 Å². The van der Waals surface area contributed by atoms with Crippen molar-refractivity contribution < 1.29 is 27.5 Å². The first-order valence-corrected chi connectivity index (χ1v) is 16.4. The molecule has 1 N–H and O–H groups in total. The van der Waals surface area contributed by atoms with Crippen molar-refractivity contribution in [3.8, 4) is 0 Å². The van der Waals surface area contributed by atoms with Crippen molar-refractivity contribution >= 4 is 38.8 Å². The molecule has 11 nitrogen and oxygen atoms in total. The number of aromatic nitrogens is 2. The lowest BCUT2D eigenvalue weighted by Crippen LogP contribution is -2.50. The largest absolute Gasteiger partial charge is 0.376 e. The van der Waals surface area contributed by atoms with Crippen molar-refractivity contribution in [1.29, 1.82) is 0 Å². The Hall–Kier alpha value is -4.55. The van der Waals surface area contributed by atoms with Crippen molar-refractivity contribution in [3.05, 3.63) is 95.3 Å². The molecule has 3 heterocycles. The minimum Gasteiger partial charge on any atom is -0.376 e. The summed E-state index contributed by atoms with van der Waals surface area (Å²) in [6.07, 6.45) is 1.95. The number of imidazole rings is 1. The number of sulfonamides is 1. The number of ether oxygens (including phenoxy) is 1. The molecular formula is C33H35N5O6S. The third-order valence-corrected chi connectivity index (χ3v) is 10.3. The Balaban J connectivity index is 1.39. The highest BCUT2D eigenvalue weighted by Gasteiger charge is 2.44. The summed E-state index contributed by atoms with van der Waals surface area (Å²) in [6.45, 7) is 2.15. The molecule has 0 radical (unpaired) electrons. The Labute approximate surface area is 261 Å². The summed E-state index contributed by atoms with van der Waals surface area (Å²) in [5.74, 6) is -1.63. The number of hydrogen-bond acceptors (Lipinski definition) is 7. The number of carbonyl (C=O) groups excluding carboxylic acids is 3. The number of nitrogens with zero attached hydrogens (tertiary/aromatic N) is 4. The second kappa shape index (κ2) is 12.4. The molecule has 1 saturated heterocycles.